The highest BCUT2D eigenvalue weighted by Crippen LogP contribution is 2.25. The number of hydrogen-bond donors (Lipinski definition) is 2. The fourth-order valence-corrected chi connectivity index (χ4v) is 2.09. The Kier molecular flexibility index (Phi) is 5.97. The molecule has 0 aromatic carbocycles. The van der Waals surface area contributed by atoms with E-state index in [4.69, 9.17) is 9.84 Å². The summed E-state index contributed by atoms with van der Waals surface area (Å²) < 4.78 is 5.18. The molecule has 17 heavy (non-hydrogen) atoms. The first-order chi connectivity index (χ1) is 8.15. The van der Waals surface area contributed by atoms with Gasteiger partial charge in [0.1, 0.15) is 6.61 Å². The summed E-state index contributed by atoms with van der Waals surface area (Å²) in [4.78, 5) is 22.4. The first-order valence-electron chi connectivity index (χ1n) is 6.25. The van der Waals surface area contributed by atoms with E-state index in [1.54, 1.807) is 0 Å². The van der Waals surface area contributed by atoms with Crippen LogP contribution in [0.15, 0.2) is 0 Å². The molecule has 0 spiro atoms. The van der Waals surface area contributed by atoms with Crippen molar-refractivity contribution in [1.29, 1.82) is 0 Å². The fourth-order valence-electron chi connectivity index (χ4n) is 2.09. The molecule has 0 radical (unpaired) electrons. The second-order valence-corrected chi connectivity index (χ2v) is 4.46. The van der Waals surface area contributed by atoms with Crippen LogP contribution in [0.25, 0.3) is 0 Å². The number of hydrogen-bond acceptors (Lipinski definition) is 3. The van der Waals surface area contributed by atoms with Gasteiger partial charge < -0.3 is 15.2 Å². The molecule has 1 aliphatic rings. The molecular formula is C12H21NO4. The number of nitrogens with one attached hydrogen (secondary N) is 1. The summed E-state index contributed by atoms with van der Waals surface area (Å²) in [6.07, 6.45) is 4.23. The number of carboxylic acid groups (broad SMARTS) is 1. The lowest BCUT2D eigenvalue weighted by molar-refractivity contribution is -0.142. The van der Waals surface area contributed by atoms with Crippen LogP contribution < -0.4 is 5.32 Å². The largest absolute Gasteiger partial charge is 0.481 e. The fraction of sp³-hybridized carbons (Fsp3) is 0.833. The summed E-state index contributed by atoms with van der Waals surface area (Å²) in [7, 11) is 0. The topological polar surface area (TPSA) is 75.6 Å². The maximum absolute atomic E-state index is 11.5. The van der Waals surface area contributed by atoms with E-state index < -0.39 is 11.9 Å². The van der Waals surface area contributed by atoms with E-state index >= 15 is 0 Å². The minimum atomic E-state index is -0.820. The predicted molar refractivity (Wildman–Crippen MR) is 62.6 cm³/mol. The van der Waals surface area contributed by atoms with E-state index in [0.29, 0.717) is 13.0 Å². The van der Waals surface area contributed by atoms with Crippen LogP contribution in [0.3, 0.4) is 0 Å². The van der Waals surface area contributed by atoms with Gasteiger partial charge in [-0.2, -0.15) is 0 Å². The highest BCUT2D eigenvalue weighted by atomic mass is 16.5. The normalized spacial score (nSPS) is 23.6. The smallest absolute Gasteiger partial charge is 0.308 e. The maximum Gasteiger partial charge on any atom is 0.308 e. The molecule has 0 heterocycles. The van der Waals surface area contributed by atoms with Gasteiger partial charge in [-0.3, -0.25) is 9.59 Å². The molecule has 1 aliphatic carbocycles. The van der Waals surface area contributed by atoms with Crippen LogP contribution >= 0.6 is 0 Å². The Balaban J connectivity index is 2.23. The molecule has 1 amide bonds. The van der Waals surface area contributed by atoms with Crippen molar-refractivity contribution in [3.8, 4) is 0 Å². The lowest BCUT2D eigenvalue weighted by Crippen LogP contribution is -2.41. The standard InChI is InChI=1S/C12H21NO4/c1-2-3-7-17-8-11(14)13-10-6-4-5-9(10)12(15)16/h9-10H,2-8H2,1H3,(H,13,14)(H,15,16)/t9-,10+/m0/s1. The zero-order chi connectivity index (χ0) is 12.7. The molecule has 0 aromatic rings. The summed E-state index contributed by atoms with van der Waals surface area (Å²) in [5.74, 6) is -1.46. The Bertz CT molecular complexity index is 267. The SMILES string of the molecule is CCCCOCC(=O)N[C@@H]1CCC[C@@H]1C(=O)O. The van der Waals surface area contributed by atoms with E-state index in [-0.39, 0.29) is 18.6 Å². The molecule has 0 saturated heterocycles. The minimum Gasteiger partial charge on any atom is -0.481 e. The van der Waals surface area contributed by atoms with E-state index in [9.17, 15) is 9.59 Å². The van der Waals surface area contributed by atoms with Gasteiger partial charge in [-0.25, -0.2) is 0 Å². The molecule has 0 aromatic heterocycles. The summed E-state index contributed by atoms with van der Waals surface area (Å²) in [5, 5.41) is 11.7. The Morgan fingerprint density at radius 3 is 2.82 bits per heavy atom. The molecule has 98 valence electrons. The third-order valence-electron chi connectivity index (χ3n) is 3.05. The highest BCUT2D eigenvalue weighted by Gasteiger charge is 2.33. The summed E-state index contributed by atoms with van der Waals surface area (Å²) in [5.41, 5.74) is 0. The lowest BCUT2D eigenvalue weighted by atomic mass is 10.0. The van der Waals surface area contributed by atoms with Crippen LogP contribution in [0, 0.1) is 5.92 Å². The van der Waals surface area contributed by atoms with Crippen LogP contribution in [0.1, 0.15) is 39.0 Å². The number of carboxylic acids is 1. The predicted octanol–water partition coefficient (Wildman–Crippen LogP) is 1.17. The molecule has 0 bridgehead atoms. The van der Waals surface area contributed by atoms with Crippen LogP contribution in [0.4, 0.5) is 0 Å². The van der Waals surface area contributed by atoms with Gasteiger partial charge in [-0.05, 0) is 19.3 Å². The number of amides is 1. The van der Waals surface area contributed by atoms with Crippen molar-refractivity contribution in [2.75, 3.05) is 13.2 Å². The average Bonchev–Trinajstić information content (AvgIpc) is 2.72. The average molecular weight is 243 g/mol. The van der Waals surface area contributed by atoms with Gasteiger partial charge in [0.05, 0.1) is 5.92 Å². The Hall–Kier alpha value is -1.10. The van der Waals surface area contributed by atoms with Crippen molar-refractivity contribution in [3.63, 3.8) is 0 Å². The van der Waals surface area contributed by atoms with E-state index in [2.05, 4.69) is 12.2 Å². The second kappa shape index (κ2) is 7.27. The highest BCUT2D eigenvalue weighted by molar-refractivity contribution is 5.79. The second-order valence-electron chi connectivity index (χ2n) is 4.46. The van der Waals surface area contributed by atoms with Gasteiger partial charge in [0.2, 0.25) is 5.91 Å². The third-order valence-corrected chi connectivity index (χ3v) is 3.05. The number of carbonyl (C=O) groups is 2. The minimum absolute atomic E-state index is 0.0306. The van der Waals surface area contributed by atoms with Crippen LogP contribution in [-0.4, -0.2) is 36.2 Å². The van der Waals surface area contributed by atoms with Crippen molar-refractivity contribution in [3.05, 3.63) is 0 Å². The monoisotopic (exact) mass is 243 g/mol. The summed E-state index contributed by atoms with van der Waals surface area (Å²) in [6, 6.07) is -0.227. The Morgan fingerprint density at radius 1 is 1.41 bits per heavy atom. The zero-order valence-corrected chi connectivity index (χ0v) is 10.3. The van der Waals surface area contributed by atoms with Gasteiger partial charge in [0.15, 0.2) is 0 Å². The van der Waals surface area contributed by atoms with Gasteiger partial charge in [-0.1, -0.05) is 19.8 Å². The molecule has 2 N–H and O–H groups in total. The van der Waals surface area contributed by atoms with Crippen molar-refractivity contribution < 1.29 is 19.4 Å². The molecule has 0 aliphatic heterocycles. The maximum atomic E-state index is 11.5. The summed E-state index contributed by atoms with van der Waals surface area (Å²) in [6.45, 7) is 2.67. The number of unbranched alkanes of at least 4 members (excludes halogenated alkanes) is 1. The van der Waals surface area contributed by atoms with Gasteiger partial charge in [0, 0.05) is 12.6 Å². The van der Waals surface area contributed by atoms with E-state index in [1.807, 2.05) is 0 Å². The van der Waals surface area contributed by atoms with Crippen LogP contribution in [0.5, 0.6) is 0 Å². The van der Waals surface area contributed by atoms with Crippen molar-refractivity contribution >= 4 is 11.9 Å². The molecule has 2 atom stereocenters. The van der Waals surface area contributed by atoms with Crippen LogP contribution in [-0.2, 0) is 14.3 Å². The number of carbonyl (C=O) groups excluding carboxylic acids is 1. The Morgan fingerprint density at radius 2 is 2.18 bits per heavy atom. The first kappa shape index (κ1) is 14.0. The molecule has 1 saturated carbocycles. The molecule has 1 rings (SSSR count). The third kappa shape index (κ3) is 4.73. The number of aliphatic carboxylic acids is 1. The Labute approximate surface area is 102 Å². The first-order valence-corrected chi connectivity index (χ1v) is 6.25. The molecular weight excluding hydrogens is 222 g/mol. The van der Waals surface area contributed by atoms with E-state index in [1.165, 1.54) is 0 Å². The molecule has 1 fully saturated rings. The quantitative estimate of drug-likeness (QED) is 0.658. The molecule has 5 nitrogen and oxygen atoms in total. The molecule has 5 heteroatoms. The van der Waals surface area contributed by atoms with Crippen molar-refractivity contribution in [2.45, 2.75) is 45.1 Å². The van der Waals surface area contributed by atoms with Crippen LogP contribution in [0.2, 0.25) is 0 Å². The van der Waals surface area contributed by atoms with Gasteiger partial charge in [0.25, 0.3) is 0 Å². The number of rotatable bonds is 7. The zero-order valence-electron chi connectivity index (χ0n) is 10.3. The van der Waals surface area contributed by atoms with Gasteiger partial charge >= 0.3 is 5.97 Å². The van der Waals surface area contributed by atoms with Crippen molar-refractivity contribution in [1.82, 2.24) is 5.32 Å². The van der Waals surface area contributed by atoms with E-state index in [0.717, 1.165) is 25.7 Å². The number of ether oxygens (including phenoxy) is 1. The van der Waals surface area contributed by atoms with Crippen molar-refractivity contribution in [2.24, 2.45) is 5.92 Å². The molecule has 0 unspecified atom stereocenters. The van der Waals surface area contributed by atoms with Gasteiger partial charge in [-0.15, -0.1) is 0 Å². The summed E-state index contributed by atoms with van der Waals surface area (Å²) >= 11 is 0. The lowest BCUT2D eigenvalue weighted by Gasteiger charge is -2.17.